The highest BCUT2D eigenvalue weighted by molar-refractivity contribution is 6.22. The number of benzene rings is 3. The number of ketones is 1. The molecule has 4 aliphatic rings. The maximum atomic E-state index is 14.5. The molecule has 0 saturated carbocycles. The number of allylic oxidation sites excluding steroid dienone is 2. The van der Waals surface area contributed by atoms with Crippen molar-refractivity contribution in [1.29, 1.82) is 0 Å². The normalized spacial score (nSPS) is 30.4. The largest absolute Gasteiger partial charge is 0.507 e. The molecule has 1 amide bonds. The molecule has 2 aromatic carbocycles. The number of nitrogens with one attached hydrogen (secondary N) is 1. The third-order valence-corrected chi connectivity index (χ3v) is 11.3. The number of Topliss-reactive ketones (excluding diaryl/α,β-unsaturated/α-hetero) is 1. The number of aliphatic hydroxyl groups excluding tert-OH is 2. The van der Waals surface area contributed by atoms with Gasteiger partial charge in [-0.2, -0.15) is 0 Å². The van der Waals surface area contributed by atoms with Gasteiger partial charge in [0.25, 0.3) is 11.7 Å². The highest BCUT2D eigenvalue weighted by atomic mass is 19.1. The molecule has 2 aromatic rings. The Bertz CT molecular complexity index is 2440. The summed E-state index contributed by atoms with van der Waals surface area (Å²) in [6, 6.07) is 3.54. The van der Waals surface area contributed by atoms with E-state index in [1.54, 1.807) is 39.8 Å². The van der Waals surface area contributed by atoms with Gasteiger partial charge in [0.05, 0.1) is 35.5 Å². The predicted octanol–water partition coefficient (Wildman–Crippen LogP) is 6.09. The summed E-state index contributed by atoms with van der Waals surface area (Å²) in [5.74, 6) is -8.31. The van der Waals surface area contributed by atoms with Crippen LogP contribution in [0.25, 0.3) is 33.3 Å². The zero-order valence-corrected chi connectivity index (χ0v) is 33.6. The number of methoxy groups -OCH3 is 1. The molecule has 14 nitrogen and oxygen atoms in total. The van der Waals surface area contributed by atoms with Gasteiger partial charge in [0, 0.05) is 67.2 Å². The second-order valence-corrected chi connectivity index (χ2v) is 15.3. The number of aliphatic hydroxyl groups is 2. The molecule has 0 unspecified atom stereocenters. The molecular weight excluding hydrogens is 755 g/mol. The Morgan fingerprint density at radius 2 is 1.71 bits per heavy atom. The Hall–Kier alpha value is -5.64. The molecule has 58 heavy (non-hydrogen) atoms. The summed E-state index contributed by atoms with van der Waals surface area (Å²) in [4.78, 5) is 59.6. The van der Waals surface area contributed by atoms with E-state index >= 15 is 0 Å². The van der Waals surface area contributed by atoms with Gasteiger partial charge < -0.3 is 44.0 Å². The van der Waals surface area contributed by atoms with Crippen LogP contribution in [-0.4, -0.2) is 75.3 Å². The number of hydrogen-bond acceptors (Lipinski definition) is 13. The first-order chi connectivity index (χ1) is 27.3. The van der Waals surface area contributed by atoms with Crippen LogP contribution in [0.2, 0.25) is 0 Å². The number of anilines is 1. The van der Waals surface area contributed by atoms with Gasteiger partial charge in [0.2, 0.25) is 5.43 Å². The minimum Gasteiger partial charge on any atom is -0.507 e. The molecule has 4 bridgehead atoms. The van der Waals surface area contributed by atoms with Crippen LogP contribution in [-0.2, 0) is 23.8 Å². The second-order valence-electron chi connectivity index (χ2n) is 15.3. The Kier molecular flexibility index (Phi) is 11.5. The van der Waals surface area contributed by atoms with Crippen molar-refractivity contribution < 1.29 is 57.5 Å². The number of esters is 1. The number of aromatic nitrogens is 1. The molecule has 1 aliphatic carbocycles. The summed E-state index contributed by atoms with van der Waals surface area (Å²) in [6.07, 6.45) is 3.37. The van der Waals surface area contributed by atoms with Gasteiger partial charge >= 0.3 is 11.8 Å². The van der Waals surface area contributed by atoms with Crippen molar-refractivity contribution in [3.8, 4) is 23.0 Å². The van der Waals surface area contributed by atoms with E-state index < -0.39 is 94.2 Å². The van der Waals surface area contributed by atoms with E-state index in [4.69, 9.17) is 23.4 Å². The number of phenols is 1. The molecule has 3 aliphatic heterocycles. The van der Waals surface area contributed by atoms with Gasteiger partial charge in [-0.3, -0.25) is 19.2 Å². The number of phenolic OH excluding ortho intramolecular Hbond substituents is 1. The molecule has 3 heterocycles. The first-order valence-corrected chi connectivity index (χ1v) is 18.9. The van der Waals surface area contributed by atoms with Crippen LogP contribution < -0.4 is 15.5 Å². The summed E-state index contributed by atoms with van der Waals surface area (Å²) in [6.45, 7) is 12.4. The minimum absolute atomic E-state index is 0.0260. The van der Waals surface area contributed by atoms with Gasteiger partial charge in [-0.25, -0.2) is 9.37 Å². The van der Waals surface area contributed by atoms with Crippen LogP contribution in [0.1, 0.15) is 64.4 Å². The molecule has 0 fully saturated rings. The number of amides is 1. The monoisotopic (exact) mass is 802 g/mol. The zero-order chi connectivity index (χ0) is 42.5. The van der Waals surface area contributed by atoms with Crippen molar-refractivity contribution in [2.45, 2.75) is 85.6 Å². The fourth-order valence-electron chi connectivity index (χ4n) is 7.78. The second kappa shape index (κ2) is 16.0. The van der Waals surface area contributed by atoms with Crippen molar-refractivity contribution in [3.63, 3.8) is 0 Å². The Morgan fingerprint density at radius 1 is 1.00 bits per heavy atom. The van der Waals surface area contributed by atoms with Crippen LogP contribution in [0.4, 0.5) is 10.1 Å². The summed E-state index contributed by atoms with van der Waals surface area (Å²) in [5.41, 5.74) is -1.39. The lowest BCUT2D eigenvalue weighted by Gasteiger charge is -2.38. The topological polar surface area (TPSA) is 204 Å². The zero-order valence-electron chi connectivity index (χ0n) is 33.6. The number of nitrogens with zero attached hydrogens (tertiary/aromatic N) is 1. The van der Waals surface area contributed by atoms with Gasteiger partial charge in [-0.1, -0.05) is 45.9 Å². The number of halogens is 1. The van der Waals surface area contributed by atoms with E-state index in [9.17, 15) is 38.9 Å². The SMILES string of the molecule is CO[C@H]1/C=C/O[C@@]2(C)Oc3c(C)c(O)c4c(=O)c(c5oc6cc(F)ccc6nc-5c4c3C2=O)NC(=O)/C(C)=C\C=C\[C@H](C)[C@H](O)[C@@H](C)[C@@H](O)[C@@H](C)[C@H](OC(C)=O)[C@@H]1C. The first kappa shape index (κ1) is 42.0. The van der Waals surface area contributed by atoms with Crippen LogP contribution >= 0.6 is 0 Å². The third kappa shape index (κ3) is 7.33. The number of carbonyl (C=O) groups is 3. The third-order valence-electron chi connectivity index (χ3n) is 11.3. The number of fused-ring (bicyclic) bond motifs is 2. The summed E-state index contributed by atoms with van der Waals surface area (Å²) in [7, 11) is 1.42. The van der Waals surface area contributed by atoms with Crippen LogP contribution in [0.3, 0.4) is 0 Å². The van der Waals surface area contributed by atoms with E-state index in [-0.39, 0.29) is 55.8 Å². The number of hydrogen-bond donors (Lipinski definition) is 4. The minimum atomic E-state index is -2.06. The Labute approximate surface area is 333 Å². The van der Waals surface area contributed by atoms with E-state index in [0.717, 1.165) is 12.1 Å². The summed E-state index contributed by atoms with van der Waals surface area (Å²) >= 11 is 0. The van der Waals surface area contributed by atoms with Gasteiger partial charge in [0.15, 0.2) is 11.3 Å². The van der Waals surface area contributed by atoms with Gasteiger partial charge in [-0.15, -0.1) is 0 Å². The van der Waals surface area contributed by atoms with E-state index in [1.165, 1.54) is 59.3 Å². The van der Waals surface area contributed by atoms with Crippen LogP contribution in [0.5, 0.6) is 11.5 Å². The standard InChI is InChI=1S/C43H47FN2O12/c1-18-11-10-12-19(2)42(53)46-33-37(51)30-29(32-40(33)57-28-17-25(44)13-14-26(28)45-32)31-39(23(6)36(30)50)58-43(8,41(31)52)55-16-15-27(54-9)20(3)38(56-24(7)47)22(5)35(49)21(4)34(18)48/h10-18,20-22,27,34-35,38,48-50H,1-9H3,(H,46,53)/b11-10+,16-15+,19-12-/t18-,20+,21+,22+,27-,34-,35+,38+,43-/m0/s1. The van der Waals surface area contributed by atoms with Crippen molar-refractivity contribution in [3.05, 3.63) is 81.5 Å². The van der Waals surface area contributed by atoms with Crippen molar-refractivity contribution in [2.24, 2.45) is 23.7 Å². The van der Waals surface area contributed by atoms with Crippen LogP contribution in [0, 0.1) is 36.4 Å². The average molecular weight is 803 g/mol. The molecule has 0 saturated heterocycles. The molecule has 0 radical (unpaired) electrons. The number of rotatable bonds is 2. The van der Waals surface area contributed by atoms with E-state index in [1.807, 2.05) is 0 Å². The molecule has 0 spiro atoms. The summed E-state index contributed by atoms with van der Waals surface area (Å²) < 4.78 is 44.1. The molecule has 6 rings (SSSR count). The molecule has 15 heteroatoms. The lowest BCUT2D eigenvalue weighted by atomic mass is 9.78. The molecule has 0 aromatic heterocycles. The van der Waals surface area contributed by atoms with Gasteiger partial charge in [-0.05, 0) is 32.1 Å². The van der Waals surface area contributed by atoms with Gasteiger partial charge in [0.1, 0.15) is 40.3 Å². The number of ether oxygens (including phenoxy) is 4. The lowest BCUT2D eigenvalue weighted by molar-refractivity contribution is -0.160. The maximum Gasteiger partial charge on any atom is 0.312 e. The lowest BCUT2D eigenvalue weighted by Crippen LogP contribution is -2.46. The van der Waals surface area contributed by atoms with Crippen molar-refractivity contribution >= 4 is 45.2 Å². The highest BCUT2D eigenvalue weighted by Gasteiger charge is 2.50. The Morgan fingerprint density at radius 3 is 2.38 bits per heavy atom. The highest BCUT2D eigenvalue weighted by Crippen LogP contribution is 2.50. The van der Waals surface area contributed by atoms with E-state index in [0.29, 0.717) is 0 Å². The molecule has 9 atom stereocenters. The average Bonchev–Trinajstić information content (AvgIpc) is 3.45. The van der Waals surface area contributed by atoms with Crippen LogP contribution in [0.15, 0.2) is 63.6 Å². The molecular formula is C43H47FN2O12. The van der Waals surface area contributed by atoms with E-state index in [2.05, 4.69) is 10.3 Å². The summed E-state index contributed by atoms with van der Waals surface area (Å²) in [5, 5.41) is 36.5. The van der Waals surface area contributed by atoms with Crippen molar-refractivity contribution in [1.82, 2.24) is 4.98 Å². The predicted molar refractivity (Wildman–Crippen MR) is 211 cm³/mol. The maximum absolute atomic E-state index is 14.5. The number of carbonyl (C=O) groups excluding carboxylic acids is 3. The first-order valence-electron chi connectivity index (χ1n) is 18.9. The molecule has 4 N–H and O–H groups in total. The smallest absolute Gasteiger partial charge is 0.312 e. The fourth-order valence-corrected chi connectivity index (χ4v) is 7.78. The Balaban J connectivity index is 1.58. The number of aromatic hydroxyl groups is 1. The van der Waals surface area contributed by atoms with Crippen molar-refractivity contribution in [2.75, 3.05) is 12.4 Å². The quantitative estimate of drug-likeness (QED) is 0.103. The fraction of sp³-hybridized carbons (Fsp3) is 0.419. The molecule has 308 valence electrons.